The molecule has 3 rings (SSSR count). The van der Waals surface area contributed by atoms with Gasteiger partial charge in [0.05, 0.1) is 19.8 Å². The Bertz CT molecular complexity index is 690. The van der Waals surface area contributed by atoms with E-state index in [-0.39, 0.29) is 30.0 Å². The largest absolute Gasteiger partial charge is 0.379 e. The summed E-state index contributed by atoms with van der Waals surface area (Å²) < 4.78 is 5.39. The molecular formula is C22H37IN6O2. The van der Waals surface area contributed by atoms with Gasteiger partial charge in [0.25, 0.3) is 0 Å². The average Bonchev–Trinajstić information content (AvgIpc) is 3.31. The SMILES string of the molecule is CCNC(=NCc1cccc(NC(=O)N2CCCC2)c1)NCCCN1CCOCC1.I. The molecule has 0 bridgehead atoms. The van der Waals surface area contributed by atoms with Crippen molar-refractivity contribution >= 4 is 41.7 Å². The summed E-state index contributed by atoms with van der Waals surface area (Å²) in [4.78, 5) is 21.3. The van der Waals surface area contributed by atoms with Gasteiger partial charge in [-0.25, -0.2) is 9.79 Å². The second kappa shape index (κ2) is 14.5. The summed E-state index contributed by atoms with van der Waals surface area (Å²) in [7, 11) is 0. The van der Waals surface area contributed by atoms with Crippen molar-refractivity contribution in [2.45, 2.75) is 32.7 Å². The van der Waals surface area contributed by atoms with Gasteiger partial charge in [-0.1, -0.05) is 12.1 Å². The fraction of sp³-hybridized carbons (Fsp3) is 0.636. The Balaban J connectivity index is 0.00000341. The zero-order chi connectivity index (χ0) is 21.0. The van der Waals surface area contributed by atoms with Crippen LogP contribution in [0.2, 0.25) is 0 Å². The number of aliphatic imine (C=N–C) groups is 1. The molecule has 0 unspecified atom stereocenters. The number of urea groups is 1. The number of benzene rings is 1. The zero-order valence-corrected chi connectivity index (χ0v) is 20.9. The van der Waals surface area contributed by atoms with Crippen molar-refractivity contribution in [3.63, 3.8) is 0 Å². The number of nitrogens with zero attached hydrogens (tertiary/aromatic N) is 3. The number of ether oxygens (including phenoxy) is 1. The number of guanidine groups is 1. The maximum atomic E-state index is 12.3. The number of nitrogens with one attached hydrogen (secondary N) is 3. The van der Waals surface area contributed by atoms with E-state index < -0.39 is 0 Å². The van der Waals surface area contributed by atoms with E-state index in [1.165, 1.54) is 0 Å². The molecule has 0 atom stereocenters. The van der Waals surface area contributed by atoms with Crippen LogP contribution in [0.1, 0.15) is 31.7 Å². The average molecular weight is 544 g/mol. The monoisotopic (exact) mass is 544 g/mol. The van der Waals surface area contributed by atoms with Crippen molar-refractivity contribution in [2.24, 2.45) is 4.99 Å². The number of likely N-dealkylation sites (tertiary alicyclic amines) is 1. The van der Waals surface area contributed by atoms with Crippen molar-refractivity contribution in [3.05, 3.63) is 29.8 Å². The molecule has 2 saturated heterocycles. The van der Waals surface area contributed by atoms with Gasteiger partial charge in [-0.05, 0) is 50.4 Å². The van der Waals surface area contributed by atoms with Crippen molar-refractivity contribution in [1.82, 2.24) is 20.4 Å². The molecular weight excluding hydrogens is 507 g/mol. The van der Waals surface area contributed by atoms with Gasteiger partial charge < -0.3 is 25.6 Å². The number of halogens is 1. The highest BCUT2D eigenvalue weighted by Crippen LogP contribution is 2.14. The summed E-state index contributed by atoms with van der Waals surface area (Å²) in [5.41, 5.74) is 1.89. The standard InChI is InChI=1S/C22H36N6O2.HI/c1-2-23-21(24-9-6-10-27-13-15-30-16-14-27)25-18-19-7-5-8-20(17-19)26-22(29)28-11-3-4-12-28;/h5,7-8,17H,2-4,6,9-16,18H2,1H3,(H,26,29)(H2,23,24,25);1H. The van der Waals surface area contributed by atoms with E-state index in [9.17, 15) is 4.79 Å². The Kier molecular flexibility index (Phi) is 12.0. The summed E-state index contributed by atoms with van der Waals surface area (Å²) in [6, 6.07) is 7.92. The van der Waals surface area contributed by atoms with Crippen LogP contribution >= 0.6 is 24.0 Å². The Morgan fingerprint density at radius 3 is 2.65 bits per heavy atom. The van der Waals surface area contributed by atoms with E-state index in [4.69, 9.17) is 9.73 Å². The topological polar surface area (TPSA) is 81.2 Å². The third-order valence-electron chi connectivity index (χ3n) is 5.38. The molecule has 2 aliphatic rings. The number of carbonyl (C=O) groups excluding carboxylic acids is 1. The second-order valence-electron chi connectivity index (χ2n) is 7.75. The maximum Gasteiger partial charge on any atom is 0.321 e. The van der Waals surface area contributed by atoms with Crippen LogP contribution in [-0.4, -0.2) is 80.8 Å². The first-order valence-electron chi connectivity index (χ1n) is 11.2. The lowest BCUT2D eigenvalue weighted by Crippen LogP contribution is -2.40. The van der Waals surface area contributed by atoms with Gasteiger partial charge in [0, 0.05) is 45.0 Å². The lowest BCUT2D eigenvalue weighted by Gasteiger charge is -2.26. The van der Waals surface area contributed by atoms with Gasteiger partial charge in [-0.3, -0.25) is 4.90 Å². The molecule has 3 N–H and O–H groups in total. The van der Waals surface area contributed by atoms with Gasteiger partial charge in [-0.15, -0.1) is 24.0 Å². The van der Waals surface area contributed by atoms with Crippen molar-refractivity contribution < 1.29 is 9.53 Å². The lowest BCUT2D eigenvalue weighted by molar-refractivity contribution is 0.0376. The van der Waals surface area contributed by atoms with Crippen LogP contribution in [0.3, 0.4) is 0 Å². The fourth-order valence-electron chi connectivity index (χ4n) is 3.72. The minimum absolute atomic E-state index is 0. The predicted molar refractivity (Wildman–Crippen MR) is 136 cm³/mol. The molecule has 0 saturated carbocycles. The highest BCUT2D eigenvalue weighted by molar-refractivity contribution is 14.0. The van der Waals surface area contributed by atoms with Gasteiger partial charge in [-0.2, -0.15) is 0 Å². The minimum Gasteiger partial charge on any atom is -0.379 e. The first-order chi connectivity index (χ1) is 14.7. The molecule has 9 heteroatoms. The third kappa shape index (κ3) is 9.20. The number of carbonyl (C=O) groups is 1. The highest BCUT2D eigenvalue weighted by Gasteiger charge is 2.17. The van der Waals surface area contributed by atoms with Crippen LogP contribution < -0.4 is 16.0 Å². The molecule has 1 aromatic carbocycles. The van der Waals surface area contributed by atoms with Gasteiger partial charge >= 0.3 is 6.03 Å². The summed E-state index contributed by atoms with van der Waals surface area (Å²) in [6.07, 6.45) is 3.26. The molecule has 0 aromatic heterocycles. The van der Waals surface area contributed by atoms with Crippen LogP contribution in [0.15, 0.2) is 29.3 Å². The number of hydrogen-bond acceptors (Lipinski definition) is 4. The van der Waals surface area contributed by atoms with E-state index in [0.29, 0.717) is 6.54 Å². The number of rotatable bonds is 8. The highest BCUT2D eigenvalue weighted by atomic mass is 127. The molecule has 0 spiro atoms. The number of hydrogen-bond donors (Lipinski definition) is 3. The van der Waals surface area contributed by atoms with Gasteiger partial charge in [0.1, 0.15) is 0 Å². The Labute approximate surface area is 203 Å². The normalized spacial score (nSPS) is 17.2. The molecule has 2 amide bonds. The van der Waals surface area contributed by atoms with Gasteiger partial charge in [0.2, 0.25) is 0 Å². The molecule has 8 nitrogen and oxygen atoms in total. The first-order valence-corrected chi connectivity index (χ1v) is 11.2. The van der Waals surface area contributed by atoms with Crippen LogP contribution in [0.25, 0.3) is 0 Å². The Morgan fingerprint density at radius 2 is 1.90 bits per heavy atom. The summed E-state index contributed by atoms with van der Waals surface area (Å²) in [5.74, 6) is 0.825. The third-order valence-corrected chi connectivity index (χ3v) is 5.38. The summed E-state index contributed by atoms with van der Waals surface area (Å²) in [6.45, 7) is 10.8. The molecule has 2 fully saturated rings. The molecule has 0 aliphatic carbocycles. The van der Waals surface area contributed by atoms with E-state index in [0.717, 1.165) is 95.5 Å². The van der Waals surface area contributed by atoms with Crippen LogP contribution in [-0.2, 0) is 11.3 Å². The number of morpholine rings is 1. The molecule has 1 aromatic rings. The smallest absolute Gasteiger partial charge is 0.321 e. The molecule has 2 heterocycles. The second-order valence-corrected chi connectivity index (χ2v) is 7.75. The quantitative estimate of drug-likeness (QED) is 0.203. The first kappa shape index (κ1) is 25.7. The zero-order valence-electron chi connectivity index (χ0n) is 18.6. The van der Waals surface area contributed by atoms with Crippen molar-refractivity contribution in [1.29, 1.82) is 0 Å². The van der Waals surface area contributed by atoms with Crippen LogP contribution in [0, 0.1) is 0 Å². The van der Waals surface area contributed by atoms with Crippen LogP contribution in [0.5, 0.6) is 0 Å². The van der Waals surface area contributed by atoms with Crippen molar-refractivity contribution in [2.75, 3.05) is 64.3 Å². The molecule has 2 aliphatic heterocycles. The molecule has 174 valence electrons. The van der Waals surface area contributed by atoms with Gasteiger partial charge in [0.15, 0.2) is 5.96 Å². The molecule has 31 heavy (non-hydrogen) atoms. The van der Waals surface area contributed by atoms with E-state index >= 15 is 0 Å². The number of anilines is 1. The van der Waals surface area contributed by atoms with Crippen LogP contribution in [0.4, 0.5) is 10.5 Å². The summed E-state index contributed by atoms with van der Waals surface area (Å²) >= 11 is 0. The van der Waals surface area contributed by atoms with E-state index in [2.05, 4.69) is 27.8 Å². The Hall–Kier alpha value is -1.59. The fourth-order valence-corrected chi connectivity index (χ4v) is 3.72. The lowest BCUT2D eigenvalue weighted by atomic mass is 10.2. The van der Waals surface area contributed by atoms with E-state index in [1.807, 2.05) is 29.2 Å². The Morgan fingerprint density at radius 1 is 1.13 bits per heavy atom. The maximum absolute atomic E-state index is 12.3. The summed E-state index contributed by atoms with van der Waals surface area (Å²) in [5, 5.41) is 9.73. The van der Waals surface area contributed by atoms with Crippen molar-refractivity contribution in [3.8, 4) is 0 Å². The number of amides is 2. The van der Waals surface area contributed by atoms with E-state index in [1.54, 1.807) is 0 Å². The molecule has 0 radical (unpaired) electrons. The predicted octanol–water partition coefficient (Wildman–Crippen LogP) is 2.71. The minimum atomic E-state index is -0.0107.